The van der Waals surface area contributed by atoms with Crippen LogP contribution < -0.4 is 10.1 Å². The number of nitrogens with one attached hydrogen (secondary N) is 1. The molecule has 5 aromatic rings. The molecule has 41 heavy (non-hydrogen) atoms. The van der Waals surface area contributed by atoms with Crippen molar-refractivity contribution in [2.45, 2.75) is 45.3 Å². The van der Waals surface area contributed by atoms with E-state index in [1.165, 1.54) is 5.39 Å². The Balaban J connectivity index is 1.35. The van der Waals surface area contributed by atoms with E-state index in [0.29, 0.717) is 24.9 Å². The molecule has 1 fully saturated rings. The first-order valence-corrected chi connectivity index (χ1v) is 13.9. The van der Waals surface area contributed by atoms with Gasteiger partial charge in [-0.25, -0.2) is 14.8 Å². The monoisotopic (exact) mass is 550 g/mol. The van der Waals surface area contributed by atoms with Crippen LogP contribution in [-0.2, 0) is 4.74 Å². The summed E-state index contributed by atoms with van der Waals surface area (Å²) in [4.78, 5) is 28.9. The molecule has 1 amide bonds. The first kappa shape index (κ1) is 26.6. The molecule has 3 aromatic carbocycles. The van der Waals surface area contributed by atoms with E-state index in [4.69, 9.17) is 19.4 Å². The zero-order valence-corrected chi connectivity index (χ0v) is 23.8. The summed E-state index contributed by atoms with van der Waals surface area (Å²) < 4.78 is 13.1. The molecule has 0 saturated carbocycles. The van der Waals surface area contributed by atoms with Crippen LogP contribution in [0.25, 0.3) is 39.0 Å². The van der Waals surface area contributed by atoms with Gasteiger partial charge in [-0.2, -0.15) is 4.98 Å². The smallest absolute Gasteiger partial charge is 0.410 e. The number of benzene rings is 3. The lowest BCUT2D eigenvalue weighted by molar-refractivity contribution is 0.0206. The highest BCUT2D eigenvalue weighted by molar-refractivity contribution is 5.89. The molecule has 6 rings (SSSR count). The zero-order chi connectivity index (χ0) is 28.6. The molecular formula is C32H34N6O3. The van der Waals surface area contributed by atoms with E-state index in [9.17, 15) is 4.79 Å². The molecule has 0 aliphatic carbocycles. The van der Waals surface area contributed by atoms with Crippen molar-refractivity contribution >= 4 is 33.8 Å². The van der Waals surface area contributed by atoms with Crippen LogP contribution in [0.1, 0.15) is 33.6 Å². The second kappa shape index (κ2) is 10.7. The molecule has 3 heterocycles. The zero-order valence-electron chi connectivity index (χ0n) is 23.8. The first-order valence-electron chi connectivity index (χ1n) is 13.9. The first-order chi connectivity index (χ1) is 19.8. The topological polar surface area (TPSA) is 94.4 Å². The largest absolute Gasteiger partial charge is 0.497 e. The van der Waals surface area contributed by atoms with Crippen molar-refractivity contribution in [1.82, 2.24) is 24.4 Å². The molecule has 1 atom stereocenters. The fraction of sp³-hybridized carbons (Fsp3) is 0.312. The third kappa shape index (κ3) is 5.66. The lowest BCUT2D eigenvalue weighted by Gasteiger charge is -2.34. The van der Waals surface area contributed by atoms with E-state index >= 15 is 0 Å². The highest BCUT2D eigenvalue weighted by Crippen LogP contribution is 2.32. The third-order valence-corrected chi connectivity index (χ3v) is 7.15. The summed E-state index contributed by atoms with van der Waals surface area (Å²) in [7, 11) is 1.65. The second-order valence-corrected chi connectivity index (χ2v) is 11.3. The van der Waals surface area contributed by atoms with E-state index in [-0.39, 0.29) is 12.1 Å². The van der Waals surface area contributed by atoms with Crippen LogP contribution in [0.4, 0.5) is 10.7 Å². The molecule has 0 unspecified atom stereocenters. The quantitative estimate of drug-likeness (QED) is 0.269. The van der Waals surface area contributed by atoms with Crippen molar-refractivity contribution in [2.24, 2.45) is 0 Å². The van der Waals surface area contributed by atoms with E-state index in [0.717, 1.165) is 46.4 Å². The van der Waals surface area contributed by atoms with Crippen molar-refractivity contribution in [3.05, 3.63) is 72.9 Å². The number of anilines is 1. The SMILES string of the molecule is COc1ccc2c(c1)nc(-c1ccc3ccccc3c1)n2-c1ccnc(N[C@H]2CCCN(C(=O)OC(C)(C)C)C2)n1. The van der Waals surface area contributed by atoms with Crippen LogP contribution in [0.2, 0.25) is 0 Å². The van der Waals surface area contributed by atoms with E-state index in [2.05, 4.69) is 45.2 Å². The molecule has 1 N–H and O–H groups in total. The summed E-state index contributed by atoms with van der Waals surface area (Å²) in [6.07, 6.45) is 3.23. The minimum Gasteiger partial charge on any atom is -0.497 e. The molecule has 0 radical (unpaired) electrons. The van der Waals surface area contributed by atoms with Gasteiger partial charge in [-0.15, -0.1) is 0 Å². The molecule has 1 aliphatic rings. The summed E-state index contributed by atoms with van der Waals surface area (Å²) in [6, 6.07) is 22.4. The average molecular weight is 551 g/mol. The molecule has 1 aliphatic heterocycles. The number of ether oxygens (including phenoxy) is 2. The predicted molar refractivity (Wildman–Crippen MR) is 161 cm³/mol. The van der Waals surface area contributed by atoms with Crippen LogP contribution in [-0.4, -0.2) is 62.4 Å². The van der Waals surface area contributed by atoms with Crippen molar-refractivity contribution in [1.29, 1.82) is 0 Å². The summed E-state index contributed by atoms with van der Waals surface area (Å²) in [5, 5.41) is 5.76. The fourth-order valence-corrected chi connectivity index (χ4v) is 5.25. The van der Waals surface area contributed by atoms with E-state index in [1.54, 1.807) is 18.2 Å². The molecule has 9 nitrogen and oxygen atoms in total. The Morgan fingerprint density at radius 3 is 2.63 bits per heavy atom. The van der Waals surface area contributed by atoms with Gasteiger partial charge in [0, 0.05) is 37.0 Å². The number of aromatic nitrogens is 4. The van der Waals surface area contributed by atoms with Gasteiger partial charge in [0.1, 0.15) is 23.0 Å². The van der Waals surface area contributed by atoms with Crippen molar-refractivity contribution in [3.8, 4) is 23.0 Å². The lowest BCUT2D eigenvalue weighted by atomic mass is 10.1. The van der Waals surface area contributed by atoms with Gasteiger partial charge in [0.15, 0.2) is 0 Å². The summed E-state index contributed by atoms with van der Waals surface area (Å²) in [5.74, 6) is 2.71. The molecule has 210 valence electrons. The standard InChI is InChI=1S/C32H34N6O3/c1-32(2,3)41-31(39)37-17-7-10-24(20-37)34-30-33-16-15-28(36-30)38-27-14-13-25(40-4)19-26(27)35-29(38)23-12-11-21-8-5-6-9-22(21)18-23/h5-6,8-9,11-16,18-19,24H,7,10,17,20H2,1-4H3,(H,33,34,36)/t24-/m0/s1. The molecule has 2 aromatic heterocycles. The Morgan fingerprint density at radius 1 is 1.00 bits per heavy atom. The van der Waals surface area contributed by atoms with Crippen molar-refractivity contribution in [3.63, 3.8) is 0 Å². The highest BCUT2D eigenvalue weighted by Gasteiger charge is 2.28. The Labute approximate surface area is 239 Å². The van der Waals surface area contributed by atoms with Crippen LogP contribution in [0.5, 0.6) is 5.75 Å². The minimum atomic E-state index is -0.533. The van der Waals surface area contributed by atoms with Gasteiger partial charge in [0.25, 0.3) is 0 Å². The maximum absolute atomic E-state index is 12.7. The molecular weight excluding hydrogens is 516 g/mol. The number of carbonyl (C=O) groups excluding carboxylic acids is 1. The number of hydrogen-bond acceptors (Lipinski definition) is 7. The minimum absolute atomic E-state index is 0.00951. The second-order valence-electron chi connectivity index (χ2n) is 11.3. The van der Waals surface area contributed by atoms with Crippen LogP contribution in [0, 0.1) is 0 Å². The molecule has 9 heteroatoms. The third-order valence-electron chi connectivity index (χ3n) is 7.15. The summed E-state index contributed by atoms with van der Waals surface area (Å²) >= 11 is 0. The van der Waals surface area contributed by atoms with Gasteiger partial charge in [0.05, 0.1) is 18.1 Å². The van der Waals surface area contributed by atoms with Crippen LogP contribution >= 0.6 is 0 Å². The van der Waals surface area contributed by atoms with Gasteiger partial charge in [-0.1, -0.05) is 36.4 Å². The van der Waals surface area contributed by atoms with E-state index in [1.807, 2.05) is 57.2 Å². The molecule has 1 saturated heterocycles. The summed E-state index contributed by atoms with van der Waals surface area (Å²) in [6.45, 7) is 6.84. The number of hydrogen-bond donors (Lipinski definition) is 1. The Bertz CT molecular complexity index is 1720. The predicted octanol–water partition coefficient (Wildman–Crippen LogP) is 6.46. The maximum Gasteiger partial charge on any atom is 0.410 e. The van der Waals surface area contributed by atoms with Crippen LogP contribution in [0.15, 0.2) is 72.9 Å². The highest BCUT2D eigenvalue weighted by atomic mass is 16.6. The van der Waals surface area contributed by atoms with E-state index < -0.39 is 5.60 Å². The Hall–Kier alpha value is -4.66. The van der Waals surface area contributed by atoms with Crippen molar-refractivity contribution in [2.75, 3.05) is 25.5 Å². The molecule has 0 spiro atoms. The normalized spacial score (nSPS) is 15.7. The maximum atomic E-state index is 12.7. The number of likely N-dealkylation sites (tertiary alicyclic amines) is 1. The lowest BCUT2D eigenvalue weighted by Crippen LogP contribution is -2.47. The fourth-order valence-electron chi connectivity index (χ4n) is 5.25. The van der Waals surface area contributed by atoms with Gasteiger partial charge in [-0.05, 0) is 68.7 Å². The number of imidazole rings is 1. The summed E-state index contributed by atoms with van der Waals surface area (Å²) in [5.41, 5.74) is 2.16. The van der Waals surface area contributed by atoms with Crippen LogP contribution in [0.3, 0.4) is 0 Å². The Morgan fingerprint density at radius 2 is 1.83 bits per heavy atom. The van der Waals surface area contributed by atoms with Gasteiger partial charge < -0.3 is 19.7 Å². The number of piperidine rings is 1. The molecule has 0 bridgehead atoms. The van der Waals surface area contributed by atoms with Gasteiger partial charge in [-0.3, -0.25) is 4.57 Å². The average Bonchev–Trinajstić information content (AvgIpc) is 3.35. The number of fused-ring (bicyclic) bond motifs is 2. The van der Waals surface area contributed by atoms with Crippen molar-refractivity contribution < 1.29 is 14.3 Å². The Kier molecular flexibility index (Phi) is 6.95. The number of nitrogens with zero attached hydrogens (tertiary/aromatic N) is 5. The van der Waals surface area contributed by atoms with Gasteiger partial charge in [0.2, 0.25) is 5.95 Å². The van der Waals surface area contributed by atoms with Gasteiger partial charge >= 0.3 is 6.09 Å². The number of methoxy groups -OCH3 is 1. The number of amides is 1. The number of rotatable bonds is 5. The number of carbonyl (C=O) groups is 1.